The van der Waals surface area contributed by atoms with E-state index in [0.29, 0.717) is 11.6 Å². The number of aliphatic hydroxyl groups excluding tert-OH is 2. The van der Waals surface area contributed by atoms with Crippen LogP contribution in [-0.4, -0.2) is 52.4 Å². The normalized spacial score (nSPS) is 9.85. The average Bonchev–Trinajstić information content (AvgIpc) is 3.14. The number of nitrogens with zero attached hydrogens (tertiary/aromatic N) is 6. The van der Waals surface area contributed by atoms with Crippen molar-refractivity contribution < 1.29 is 31.2 Å². The van der Waals surface area contributed by atoms with Crippen LogP contribution in [0.1, 0.15) is 11.6 Å². The van der Waals surface area contributed by atoms with Crippen LogP contribution in [0.5, 0.6) is 0 Å². The Hall–Kier alpha value is -1.39. The number of halogens is 2. The summed E-state index contributed by atoms with van der Waals surface area (Å²) in [5.41, 5.74) is 0. The summed E-state index contributed by atoms with van der Waals surface area (Å²) in [6.07, 6.45) is 2.37. The zero-order chi connectivity index (χ0) is 21.0. The number of rotatable bonds is 6. The summed E-state index contributed by atoms with van der Waals surface area (Å²) < 4.78 is 2.72. The minimum absolute atomic E-state index is 0.0819. The predicted octanol–water partition coefficient (Wildman–Crippen LogP) is 1.87. The Labute approximate surface area is 174 Å². The molecular weight excluding hydrogens is 543 g/mol. The molecule has 0 aromatic carbocycles. The molecule has 0 aliphatic rings. The standard InChI is InChI=1S/2C6H9N3O3.2BrH.Co/c2*1-5-7-4-6(9(11)12)8(5)2-3-10;;;/h2*4,10H,2-3H2,1H3;2*1H;/q;;;;+2/p-2. The molecule has 0 saturated carbocycles. The Bertz CT molecular complexity index is 680. The molecule has 27 heavy (non-hydrogen) atoms. The van der Waals surface area contributed by atoms with Gasteiger partial charge in [0.05, 0.1) is 13.2 Å². The van der Waals surface area contributed by atoms with E-state index in [2.05, 4.69) is 38.3 Å². The van der Waals surface area contributed by atoms with Crippen molar-refractivity contribution in [1.29, 1.82) is 0 Å². The van der Waals surface area contributed by atoms with Gasteiger partial charge in [0.2, 0.25) is 0 Å². The molecule has 2 aromatic heterocycles. The molecule has 12 nitrogen and oxygen atoms in total. The van der Waals surface area contributed by atoms with Gasteiger partial charge in [-0.3, -0.25) is 0 Å². The van der Waals surface area contributed by atoms with E-state index >= 15 is 0 Å². The molecule has 0 spiro atoms. The van der Waals surface area contributed by atoms with Gasteiger partial charge in [0, 0.05) is 13.8 Å². The van der Waals surface area contributed by atoms with Crippen molar-refractivity contribution in [3.8, 4) is 0 Å². The van der Waals surface area contributed by atoms with Gasteiger partial charge in [-0.1, -0.05) is 0 Å². The van der Waals surface area contributed by atoms with Crippen LogP contribution in [0, 0.1) is 34.1 Å². The second-order valence-electron chi connectivity index (χ2n) is 4.64. The Morgan fingerprint density at radius 3 is 1.48 bits per heavy atom. The first-order valence-electron chi connectivity index (χ1n) is 7.13. The van der Waals surface area contributed by atoms with Crippen LogP contribution in [0.25, 0.3) is 0 Å². The van der Waals surface area contributed by atoms with Gasteiger partial charge in [-0.25, -0.2) is 19.1 Å². The van der Waals surface area contributed by atoms with Crippen molar-refractivity contribution in [2.75, 3.05) is 13.2 Å². The summed E-state index contributed by atoms with van der Waals surface area (Å²) in [5.74, 6) is 0.912. The van der Waals surface area contributed by atoms with Crippen LogP contribution in [0.4, 0.5) is 11.6 Å². The summed E-state index contributed by atoms with van der Waals surface area (Å²) in [6, 6.07) is 0. The van der Waals surface area contributed by atoms with Crippen molar-refractivity contribution >= 4 is 40.0 Å². The van der Waals surface area contributed by atoms with Gasteiger partial charge >= 0.3 is 51.1 Å². The molecule has 0 saturated heterocycles. The summed E-state index contributed by atoms with van der Waals surface area (Å²) in [4.78, 5) is 27.2. The van der Waals surface area contributed by atoms with E-state index in [1.54, 1.807) is 13.8 Å². The Morgan fingerprint density at radius 1 is 0.963 bits per heavy atom. The van der Waals surface area contributed by atoms with E-state index in [-0.39, 0.29) is 37.9 Å². The Morgan fingerprint density at radius 2 is 1.26 bits per heavy atom. The summed E-state index contributed by atoms with van der Waals surface area (Å²) in [7, 11) is 0. The van der Waals surface area contributed by atoms with Crippen LogP contribution in [-0.2, 0) is 24.2 Å². The van der Waals surface area contributed by atoms with Crippen LogP contribution >= 0.6 is 28.3 Å². The number of aromatic nitrogens is 4. The van der Waals surface area contributed by atoms with E-state index in [4.69, 9.17) is 10.2 Å². The molecule has 0 aliphatic heterocycles. The summed E-state index contributed by atoms with van der Waals surface area (Å²) >= 11 is 7.12. The topological polar surface area (TPSA) is 162 Å². The summed E-state index contributed by atoms with van der Waals surface area (Å²) in [6.45, 7) is 3.48. The third kappa shape index (κ3) is 8.44. The van der Waals surface area contributed by atoms with Crippen LogP contribution in [0.3, 0.4) is 0 Å². The number of imidazole rings is 2. The fourth-order valence-corrected chi connectivity index (χ4v) is 1.96. The molecule has 0 radical (unpaired) electrons. The third-order valence-corrected chi connectivity index (χ3v) is 3.09. The molecule has 0 bridgehead atoms. The van der Waals surface area contributed by atoms with E-state index < -0.39 is 9.85 Å². The van der Waals surface area contributed by atoms with Crippen molar-refractivity contribution in [1.82, 2.24) is 19.1 Å². The first kappa shape index (κ1) is 25.6. The van der Waals surface area contributed by atoms with Gasteiger partial charge in [-0.15, -0.1) is 0 Å². The molecule has 0 unspecified atom stereocenters. The average molecular weight is 561 g/mol. The van der Waals surface area contributed by atoms with Crippen molar-refractivity contribution in [3.63, 3.8) is 0 Å². The summed E-state index contributed by atoms with van der Waals surface area (Å²) in [5, 5.41) is 37.9. The van der Waals surface area contributed by atoms with Crippen molar-refractivity contribution in [2.45, 2.75) is 26.9 Å². The molecule has 2 rings (SSSR count). The van der Waals surface area contributed by atoms with Gasteiger partial charge < -0.3 is 30.4 Å². The number of aryl methyl sites for hydroxylation is 2. The Kier molecular flexibility index (Phi) is 13.0. The first-order chi connectivity index (χ1) is 12.7. The number of nitro groups is 2. The molecule has 0 atom stereocenters. The van der Waals surface area contributed by atoms with Gasteiger partial charge in [-0.05, 0) is 9.85 Å². The van der Waals surface area contributed by atoms with Gasteiger partial charge in [0.1, 0.15) is 25.5 Å². The predicted molar refractivity (Wildman–Crippen MR) is 99.3 cm³/mol. The van der Waals surface area contributed by atoms with E-state index in [1.165, 1.54) is 21.5 Å². The van der Waals surface area contributed by atoms with Gasteiger partial charge in [0.15, 0.2) is 11.6 Å². The second kappa shape index (κ2) is 13.7. The van der Waals surface area contributed by atoms with Gasteiger partial charge in [-0.2, -0.15) is 0 Å². The zero-order valence-corrected chi connectivity index (χ0v) is 18.5. The monoisotopic (exact) mass is 559 g/mol. The molecular formula is C12H18Br2CoN6O6. The molecule has 15 heteroatoms. The maximum atomic E-state index is 10.4. The van der Waals surface area contributed by atoms with E-state index in [9.17, 15) is 20.2 Å². The Balaban J connectivity index is 0.000000438. The van der Waals surface area contributed by atoms with Crippen molar-refractivity contribution in [3.05, 3.63) is 44.3 Å². The molecule has 2 heterocycles. The number of aliphatic hydroxyl groups is 2. The number of hydrogen-bond donors (Lipinski definition) is 2. The number of hydrogen-bond acceptors (Lipinski definition) is 8. The van der Waals surface area contributed by atoms with E-state index in [1.807, 2.05) is 0 Å². The quantitative estimate of drug-likeness (QED) is 0.399. The zero-order valence-electron chi connectivity index (χ0n) is 14.3. The minimum atomic E-state index is -0.518. The fraction of sp³-hybridized carbons (Fsp3) is 0.500. The van der Waals surface area contributed by atoms with Crippen LogP contribution in [0.15, 0.2) is 12.4 Å². The fourth-order valence-electron chi connectivity index (χ4n) is 1.96. The molecule has 0 aliphatic carbocycles. The van der Waals surface area contributed by atoms with Crippen LogP contribution < -0.4 is 0 Å². The third-order valence-electron chi connectivity index (χ3n) is 3.09. The molecule has 155 valence electrons. The van der Waals surface area contributed by atoms with Crippen molar-refractivity contribution in [2.24, 2.45) is 0 Å². The molecule has 2 N–H and O–H groups in total. The maximum absolute atomic E-state index is 10.4. The van der Waals surface area contributed by atoms with Crippen LogP contribution in [0.2, 0.25) is 0 Å². The second-order valence-corrected chi connectivity index (χ2v) is 9.89. The first-order valence-corrected chi connectivity index (χ1v) is 12.3. The molecule has 2 aromatic rings. The SMILES string of the molecule is Cc1ncc([N+](=O)[O-])n1CCO.Cc1ncc([N+](=O)[O-])n1CCO.[Br][Co][Br]. The van der Waals surface area contributed by atoms with Gasteiger partial charge in [0.25, 0.3) is 0 Å². The molecule has 0 amide bonds. The molecule has 0 fully saturated rings. The van der Waals surface area contributed by atoms with E-state index in [0.717, 1.165) is 11.1 Å².